The summed E-state index contributed by atoms with van der Waals surface area (Å²) in [6.45, 7) is 5.36. The van der Waals surface area contributed by atoms with Crippen molar-refractivity contribution in [3.63, 3.8) is 0 Å². The lowest BCUT2D eigenvalue weighted by atomic mass is 10.0. The first-order valence-electron chi connectivity index (χ1n) is 20.7. The molecule has 0 spiro atoms. The van der Waals surface area contributed by atoms with Crippen LogP contribution in [0.25, 0.3) is 0 Å². The molecule has 1 fully saturated rings. The molecule has 3 rings (SSSR count). The zero-order chi connectivity index (χ0) is 40.9. The monoisotopic (exact) mass is 787 g/mol. The highest BCUT2D eigenvalue weighted by Gasteiger charge is 2.42. The van der Waals surface area contributed by atoms with Crippen LogP contribution in [0, 0.1) is 0 Å². The number of amides is 4. The second-order valence-electron chi connectivity index (χ2n) is 15.3. The molecule has 2 aliphatic heterocycles. The molecule has 4 amide bonds. The first-order chi connectivity index (χ1) is 26.8. The summed E-state index contributed by atoms with van der Waals surface area (Å²) in [4.78, 5) is 69.2. The molecule has 0 bridgehead atoms. The average molecular weight is 788 g/mol. The van der Waals surface area contributed by atoms with E-state index in [4.69, 9.17) is 9.47 Å². The molecular weight excluding hydrogens is 722 g/mol. The fourth-order valence-corrected chi connectivity index (χ4v) is 6.77. The summed E-state index contributed by atoms with van der Waals surface area (Å²) < 4.78 is 11.3. The Morgan fingerprint density at radius 1 is 1.00 bits per heavy atom. The molecule has 5 N–H and O–H groups in total. The second kappa shape index (κ2) is 24.4. The van der Waals surface area contributed by atoms with E-state index in [1.54, 1.807) is 18.2 Å². The number of para-hydroxylation sites is 1. The summed E-state index contributed by atoms with van der Waals surface area (Å²) in [5, 5.41) is 37.2. The zero-order valence-electron chi connectivity index (χ0n) is 33.6. The van der Waals surface area contributed by atoms with Crippen molar-refractivity contribution < 1.29 is 49.0 Å². The fourth-order valence-electron chi connectivity index (χ4n) is 6.77. The number of hydrogen-bond donors (Lipinski definition) is 5. The number of unbranched alkanes of at least 4 members (excludes halogenated alkanes) is 11. The van der Waals surface area contributed by atoms with Gasteiger partial charge in [0, 0.05) is 19.5 Å². The zero-order valence-corrected chi connectivity index (χ0v) is 33.6. The molecule has 0 aromatic heterocycles. The van der Waals surface area contributed by atoms with Gasteiger partial charge in [-0.2, -0.15) is 0 Å². The van der Waals surface area contributed by atoms with Gasteiger partial charge >= 0.3 is 5.97 Å². The molecule has 15 nitrogen and oxygen atoms in total. The Bertz CT molecular complexity index is 1460. The van der Waals surface area contributed by atoms with Crippen LogP contribution in [0.1, 0.15) is 148 Å². The summed E-state index contributed by atoms with van der Waals surface area (Å²) in [7, 11) is 0. The third-order valence-electron chi connectivity index (χ3n) is 10.2. The molecule has 314 valence electrons. The van der Waals surface area contributed by atoms with Crippen molar-refractivity contribution in [1.82, 2.24) is 20.8 Å². The number of nitrogens with zero attached hydrogens (tertiary/aromatic N) is 3. The highest BCUT2D eigenvalue weighted by molar-refractivity contribution is 6.02. The number of ether oxygens (including phenoxy) is 2. The maximum absolute atomic E-state index is 13.6. The van der Waals surface area contributed by atoms with E-state index in [1.807, 2.05) is 0 Å². The SMILES string of the molecule is CCCCCCCCCCCCCC(=O)N(O)CCCCC(NC(=O)C1(C)COC(c2ccccc2O)=N1)C(=O)OC(C)CC(=O)NC1CCCCN(O)C1=O. The molecule has 1 aromatic rings. The minimum atomic E-state index is -1.43. The number of nitrogens with one attached hydrogen (secondary N) is 2. The van der Waals surface area contributed by atoms with Crippen LogP contribution in [0.2, 0.25) is 0 Å². The largest absolute Gasteiger partial charge is 0.507 e. The van der Waals surface area contributed by atoms with Gasteiger partial charge in [-0.15, -0.1) is 0 Å². The third kappa shape index (κ3) is 15.7. The molecular formula is C41H65N5O10. The molecule has 0 radical (unpaired) electrons. The molecule has 4 atom stereocenters. The average Bonchev–Trinajstić information content (AvgIpc) is 3.50. The second-order valence-corrected chi connectivity index (χ2v) is 15.3. The van der Waals surface area contributed by atoms with Gasteiger partial charge in [-0.25, -0.2) is 19.9 Å². The summed E-state index contributed by atoms with van der Waals surface area (Å²) in [6.07, 6.45) is 14.2. The van der Waals surface area contributed by atoms with Crippen molar-refractivity contribution in [2.24, 2.45) is 4.99 Å². The fraction of sp³-hybridized carbons (Fsp3) is 0.707. The first-order valence-corrected chi connectivity index (χ1v) is 20.7. The molecule has 4 unspecified atom stereocenters. The Morgan fingerprint density at radius 2 is 1.66 bits per heavy atom. The van der Waals surface area contributed by atoms with Gasteiger partial charge in [0.15, 0.2) is 5.54 Å². The minimum Gasteiger partial charge on any atom is -0.507 e. The summed E-state index contributed by atoms with van der Waals surface area (Å²) in [5.41, 5.74) is -1.12. The number of carbonyl (C=O) groups excluding carboxylic acids is 5. The first kappa shape index (κ1) is 46.1. The Morgan fingerprint density at radius 3 is 2.34 bits per heavy atom. The van der Waals surface area contributed by atoms with Gasteiger partial charge in [0.25, 0.3) is 11.8 Å². The highest BCUT2D eigenvalue weighted by atomic mass is 16.5. The van der Waals surface area contributed by atoms with Gasteiger partial charge in [0.1, 0.15) is 30.5 Å². The predicted octanol–water partition coefficient (Wildman–Crippen LogP) is 5.71. The van der Waals surface area contributed by atoms with Crippen molar-refractivity contribution in [3.05, 3.63) is 29.8 Å². The number of esters is 1. The van der Waals surface area contributed by atoms with Crippen LogP contribution in [-0.2, 0) is 33.4 Å². The number of benzene rings is 1. The molecule has 1 saturated heterocycles. The molecule has 1 aromatic carbocycles. The van der Waals surface area contributed by atoms with Gasteiger partial charge in [-0.3, -0.25) is 29.6 Å². The summed E-state index contributed by atoms with van der Waals surface area (Å²) in [6, 6.07) is 4.36. The van der Waals surface area contributed by atoms with Crippen LogP contribution in [0.3, 0.4) is 0 Å². The van der Waals surface area contributed by atoms with E-state index in [1.165, 1.54) is 64.9 Å². The normalized spacial score (nSPS) is 19.3. The lowest BCUT2D eigenvalue weighted by Crippen LogP contribution is -2.52. The Balaban J connectivity index is 1.51. The maximum atomic E-state index is 13.6. The number of phenols is 1. The van der Waals surface area contributed by atoms with Crippen LogP contribution < -0.4 is 10.6 Å². The number of rotatable bonds is 25. The van der Waals surface area contributed by atoms with Crippen molar-refractivity contribution in [2.45, 2.75) is 166 Å². The number of aromatic hydroxyl groups is 1. The van der Waals surface area contributed by atoms with Crippen LogP contribution >= 0.6 is 0 Å². The van der Waals surface area contributed by atoms with E-state index in [0.717, 1.165) is 19.3 Å². The molecule has 0 aliphatic carbocycles. The maximum Gasteiger partial charge on any atom is 0.328 e. The lowest BCUT2D eigenvalue weighted by Gasteiger charge is -2.25. The van der Waals surface area contributed by atoms with E-state index < -0.39 is 47.4 Å². The molecule has 56 heavy (non-hydrogen) atoms. The molecule has 2 heterocycles. The molecule has 2 aliphatic rings. The minimum absolute atomic E-state index is 0.0497. The molecule has 15 heteroatoms. The van der Waals surface area contributed by atoms with E-state index in [-0.39, 0.29) is 56.5 Å². The standard InChI is InChI=1S/C41H65N5O10/c1-4-5-6-7-8-9-10-11-12-13-14-25-36(49)45(53)26-19-18-23-33(43-40(52)41(3)29-55-37(44-41)31-21-15-16-24-34(31)47)39(51)56-30(2)28-35(48)42-32-22-17-20-27-46(54)38(32)50/h15-16,21,24,30,32-33,47,53-54H,4-14,17-20,22-23,25-29H2,1-3H3,(H,42,48)(H,43,52). The van der Waals surface area contributed by atoms with E-state index in [2.05, 4.69) is 22.5 Å². The van der Waals surface area contributed by atoms with Crippen molar-refractivity contribution in [1.29, 1.82) is 0 Å². The van der Waals surface area contributed by atoms with Crippen LogP contribution in [0.15, 0.2) is 29.3 Å². The third-order valence-corrected chi connectivity index (χ3v) is 10.2. The predicted molar refractivity (Wildman–Crippen MR) is 209 cm³/mol. The Hall–Kier alpha value is -4.24. The highest BCUT2D eigenvalue weighted by Crippen LogP contribution is 2.26. The van der Waals surface area contributed by atoms with E-state index in [9.17, 15) is 39.5 Å². The van der Waals surface area contributed by atoms with E-state index >= 15 is 0 Å². The van der Waals surface area contributed by atoms with Gasteiger partial charge < -0.3 is 25.2 Å². The van der Waals surface area contributed by atoms with Gasteiger partial charge in [-0.05, 0) is 70.9 Å². The van der Waals surface area contributed by atoms with Crippen molar-refractivity contribution in [3.8, 4) is 5.75 Å². The topological polar surface area (TPSA) is 207 Å². The number of hydrogen-bond acceptors (Lipinski definition) is 11. The van der Waals surface area contributed by atoms with E-state index in [0.29, 0.717) is 54.2 Å². The lowest BCUT2D eigenvalue weighted by molar-refractivity contribution is -0.167. The number of hydroxylamine groups is 4. The van der Waals surface area contributed by atoms with Crippen LogP contribution in [-0.4, -0.2) is 105 Å². The van der Waals surface area contributed by atoms with Gasteiger partial charge in [0.2, 0.25) is 17.7 Å². The molecule has 0 saturated carbocycles. The van der Waals surface area contributed by atoms with Crippen molar-refractivity contribution >= 4 is 35.5 Å². The number of aliphatic imine (C=N–C) groups is 1. The van der Waals surface area contributed by atoms with Crippen molar-refractivity contribution in [2.75, 3.05) is 19.7 Å². The van der Waals surface area contributed by atoms with Gasteiger partial charge in [-0.1, -0.05) is 83.3 Å². The quantitative estimate of drug-likeness (QED) is 0.0353. The van der Waals surface area contributed by atoms with Gasteiger partial charge in [0.05, 0.1) is 12.0 Å². The number of phenolic OH excluding ortho intramolecular Hbond substituents is 1. The summed E-state index contributed by atoms with van der Waals surface area (Å²) >= 11 is 0. The Labute approximate surface area is 331 Å². The smallest absolute Gasteiger partial charge is 0.328 e. The van der Waals surface area contributed by atoms with Crippen LogP contribution in [0.5, 0.6) is 5.75 Å². The van der Waals surface area contributed by atoms with Crippen LogP contribution in [0.4, 0.5) is 0 Å². The Kier molecular flexibility index (Phi) is 20.1. The summed E-state index contributed by atoms with van der Waals surface area (Å²) in [5.74, 6) is -2.91. The number of carbonyl (C=O) groups is 5.